The standard InChI is InChI=1S/C73H130O17P2/c1-5-9-13-17-21-25-29-31-32-33-34-36-40-42-46-50-54-58-71(76)84-64-69(90-73(78)60-56-52-48-44-38-28-24-20-16-12-8-4)66-88-92(81,82)86-62-67(74)61-85-91(79,80)87-65-68(89-72(77)59-55-51-47-43-37-27-23-19-15-11-7-3)63-83-70(75)57-53-49-45-41-39-35-30-26-22-18-14-10-6-2/h9,13,19,21,23,25-26,30-32,34,36,67-69,74H,5-8,10-12,14-18,20,22,24,27-29,33,35,37-66H2,1-4H3,(H,79,80)(H,81,82)/b13-9-,23-19-,25-21-,30-26-,32-31-,36-34-. The highest BCUT2D eigenvalue weighted by Gasteiger charge is 2.30. The van der Waals surface area contributed by atoms with Gasteiger partial charge in [-0.25, -0.2) is 9.13 Å². The van der Waals surface area contributed by atoms with Crippen molar-refractivity contribution in [1.82, 2.24) is 0 Å². The second kappa shape index (κ2) is 66.1. The number of phosphoric acid groups is 2. The van der Waals surface area contributed by atoms with Crippen LogP contribution in [0.5, 0.6) is 0 Å². The first-order valence-corrected chi connectivity index (χ1v) is 39.2. The Morgan fingerprint density at radius 2 is 0.576 bits per heavy atom. The molecule has 3 N–H and O–H groups in total. The first kappa shape index (κ1) is 88.5. The summed E-state index contributed by atoms with van der Waals surface area (Å²) in [6, 6.07) is 0. The number of ether oxygens (including phenoxy) is 4. The number of rotatable bonds is 68. The van der Waals surface area contributed by atoms with Crippen molar-refractivity contribution in [3.63, 3.8) is 0 Å². The lowest BCUT2D eigenvalue weighted by molar-refractivity contribution is -0.161. The maximum Gasteiger partial charge on any atom is 0.472 e. The Balaban J connectivity index is 5.30. The van der Waals surface area contributed by atoms with E-state index in [0.717, 1.165) is 154 Å². The summed E-state index contributed by atoms with van der Waals surface area (Å²) in [6.45, 7) is 4.66. The molecule has 534 valence electrons. The van der Waals surface area contributed by atoms with E-state index >= 15 is 0 Å². The van der Waals surface area contributed by atoms with E-state index in [2.05, 4.69) is 101 Å². The third-order valence-corrected chi connectivity index (χ3v) is 17.1. The maximum atomic E-state index is 13.0. The summed E-state index contributed by atoms with van der Waals surface area (Å²) in [5.74, 6) is -2.20. The average Bonchev–Trinajstić information content (AvgIpc) is 2.31. The summed E-state index contributed by atoms with van der Waals surface area (Å²) in [4.78, 5) is 72.5. The van der Waals surface area contributed by atoms with E-state index in [1.165, 1.54) is 77.0 Å². The summed E-state index contributed by atoms with van der Waals surface area (Å²) in [6.07, 6.45) is 63.4. The molecule has 5 atom stereocenters. The summed E-state index contributed by atoms with van der Waals surface area (Å²) >= 11 is 0. The molecule has 0 spiro atoms. The molecule has 0 saturated heterocycles. The molecule has 0 aromatic rings. The zero-order valence-corrected chi connectivity index (χ0v) is 59.8. The number of aliphatic hydroxyl groups excluding tert-OH is 1. The molecule has 0 aliphatic carbocycles. The molecular formula is C73H130O17P2. The highest BCUT2D eigenvalue weighted by molar-refractivity contribution is 7.47. The van der Waals surface area contributed by atoms with E-state index in [0.29, 0.717) is 25.7 Å². The van der Waals surface area contributed by atoms with Crippen LogP contribution in [-0.4, -0.2) is 96.7 Å². The van der Waals surface area contributed by atoms with Crippen LogP contribution in [0, 0.1) is 0 Å². The van der Waals surface area contributed by atoms with Crippen LogP contribution in [0.2, 0.25) is 0 Å². The number of aliphatic hydroxyl groups is 1. The van der Waals surface area contributed by atoms with Gasteiger partial charge in [-0.3, -0.25) is 37.3 Å². The highest BCUT2D eigenvalue weighted by Crippen LogP contribution is 2.45. The van der Waals surface area contributed by atoms with Gasteiger partial charge in [-0.1, -0.05) is 248 Å². The van der Waals surface area contributed by atoms with Gasteiger partial charge in [0.2, 0.25) is 0 Å². The van der Waals surface area contributed by atoms with Gasteiger partial charge < -0.3 is 33.8 Å². The van der Waals surface area contributed by atoms with Crippen molar-refractivity contribution in [2.45, 2.75) is 329 Å². The molecular weight excluding hydrogens is 1210 g/mol. The summed E-state index contributed by atoms with van der Waals surface area (Å²) < 4.78 is 68.2. The fraction of sp³-hybridized carbons (Fsp3) is 0.781. The van der Waals surface area contributed by atoms with E-state index in [9.17, 15) is 43.2 Å². The Hall–Kier alpha value is -3.50. The molecule has 0 aliphatic rings. The van der Waals surface area contributed by atoms with Gasteiger partial charge in [0, 0.05) is 25.7 Å². The van der Waals surface area contributed by atoms with E-state index in [1.54, 1.807) is 0 Å². The molecule has 17 nitrogen and oxygen atoms in total. The van der Waals surface area contributed by atoms with Crippen LogP contribution >= 0.6 is 15.6 Å². The zero-order chi connectivity index (χ0) is 67.5. The number of hydrogen-bond donors (Lipinski definition) is 3. The molecule has 0 amide bonds. The van der Waals surface area contributed by atoms with Crippen molar-refractivity contribution in [1.29, 1.82) is 0 Å². The van der Waals surface area contributed by atoms with Gasteiger partial charge in [-0.15, -0.1) is 0 Å². The van der Waals surface area contributed by atoms with Crippen molar-refractivity contribution in [2.24, 2.45) is 0 Å². The second-order valence-electron chi connectivity index (χ2n) is 24.2. The van der Waals surface area contributed by atoms with Crippen LogP contribution in [0.3, 0.4) is 0 Å². The van der Waals surface area contributed by atoms with Crippen LogP contribution in [0.1, 0.15) is 310 Å². The van der Waals surface area contributed by atoms with Crippen molar-refractivity contribution >= 4 is 39.5 Å². The van der Waals surface area contributed by atoms with Crippen molar-refractivity contribution in [3.05, 3.63) is 72.9 Å². The Bertz CT molecular complexity index is 2040. The average molecular weight is 1340 g/mol. The third kappa shape index (κ3) is 65.2. The van der Waals surface area contributed by atoms with Crippen LogP contribution in [0.15, 0.2) is 72.9 Å². The SMILES string of the molecule is CC/C=C\C/C=C\C/C=C\C/C=C\CCCCCCC(=O)OCC(COP(=O)(O)OCC(O)COP(=O)(O)OCC(COC(=O)CCCCCCC/C=C\CCCCCC)OC(=O)CCCCCCC/C=C\CCCC)OC(=O)CCCCCCCCCCCCC. The molecule has 0 rings (SSSR count). The van der Waals surface area contributed by atoms with E-state index in [4.69, 9.17) is 37.0 Å². The highest BCUT2D eigenvalue weighted by atomic mass is 31.2. The van der Waals surface area contributed by atoms with E-state index < -0.39 is 97.5 Å². The van der Waals surface area contributed by atoms with Crippen LogP contribution in [0.4, 0.5) is 0 Å². The lowest BCUT2D eigenvalue weighted by atomic mass is 10.1. The third-order valence-electron chi connectivity index (χ3n) is 15.2. The molecule has 0 saturated carbocycles. The Kier molecular flexibility index (Phi) is 63.6. The molecule has 0 bridgehead atoms. The minimum atomic E-state index is -4.97. The second-order valence-corrected chi connectivity index (χ2v) is 27.1. The Morgan fingerprint density at radius 3 is 0.924 bits per heavy atom. The predicted molar refractivity (Wildman–Crippen MR) is 372 cm³/mol. The number of carbonyl (C=O) groups is 4. The maximum absolute atomic E-state index is 13.0. The lowest BCUT2D eigenvalue weighted by Crippen LogP contribution is -2.30. The molecule has 19 heteroatoms. The largest absolute Gasteiger partial charge is 0.472 e. The molecule has 5 unspecified atom stereocenters. The molecule has 0 heterocycles. The fourth-order valence-electron chi connectivity index (χ4n) is 9.60. The molecule has 0 aromatic heterocycles. The smallest absolute Gasteiger partial charge is 0.462 e. The van der Waals surface area contributed by atoms with Gasteiger partial charge >= 0.3 is 39.5 Å². The number of carbonyl (C=O) groups excluding carboxylic acids is 4. The minimum absolute atomic E-state index is 0.0854. The topological polar surface area (TPSA) is 237 Å². The first-order valence-electron chi connectivity index (χ1n) is 36.2. The molecule has 0 aliphatic heterocycles. The molecule has 0 fully saturated rings. The first-order chi connectivity index (χ1) is 44.7. The number of esters is 4. The Labute approximate surface area is 558 Å². The molecule has 0 radical (unpaired) electrons. The van der Waals surface area contributed by atoms with E-state index in [-0.39, 0.29) is 25.7 Å². The number of allylic oxidation sites excluding steroid dienone is 12. The van der Waals surface area contributed by atoms with Crippen LogP contribution < -0.4 is 0 Å². The predicted octanol–water partition coefficient (Wildman–Crippen LogP) is 20.1. The normalized spacial score (nSPS) is 14.5. The van der Waals surface area contributed by atoms with Gasteiger partial charge in [-0.2, -0.15) is 0 Å². The summed E-state index contributed by atoms with van der Waals surface area (Å²) in [5.41, 5.74) is 0. The fourth-order valence-corrected chi connectivity index (χ4v) is 11.2. The van der Waals surface area contributed by atoms with Crippen LogP contribution in [0.25, 0.3) is 0 Å². The van der Waals surface area contributed by atoms with Gasteiger partial charge in [0.1, 0.15) is 19.3 Å². The van der Waals surface area contributed by atoms with Crippen LogP contribution in [-0.2, 0) is 65.4 Å². The monoisotopic (exact) mass is 1340 g/mol. The quantitative estimate of drug-likeness (QED) is 0.0169. The Morgan fingerprint density at radius 1 is 0.315 bits per heavy atom. The van der Waals surface area contributed by atoms with Crippen molar-refractivity contribution in [3.8, 4) is 0 Å². The van der Waals surface area contributed by atoms with Gasteiger partial charge in [0.25, 0.3) is 0 Å². The van der Waals surface area contributed by atoms with Gasteiger partial charge in [0.15, 0.2) is 12.2 Å². The lowest BCUT2D eigenvalue weighted by Gasteiger charge is -2.21. The minimum Gasteiger partial charge on any atom is -0.462 e. The van der Waals surface area contributed by atoms with E-state index in [1.807, 2.05) is 0 Å². The molecule has 0 aromatic carbocycles. The zero-order valence-electron chi connectivity index (χ0n) is 58.0. The number of hydrogen-bond acceptors (Lipinski definition) is 15. The van der Waals surface area contributed by atoms with Gasteiger partial charge in [-0.05, 0) is 109 Å². The molecule has 92 heavy (non-hydrogen) atoms. The van der Waals surface area contributed by atoms with Crippen molar-refractivity contribution < 1.29 is 80.2 Å². The number of phosphoric ester groups is 2. The number of unbranched alkanes of at least 4 members (excludes halogenated alkanes) is 30. The summed E-state index contributed by atoms with van der Waals surface area (Å²) in [7, 11) is -9.93. The summed E-state index contributed by atoms with van der Waals surface area (Å²) in [5, 5.41) is 10.6. The van der Waals surface area contributed by atoms with Gasteiger partial charge in [0.05, 0.1) is 26.4 Å². The van der Waals surface area contributed by atoms with Crippen molar-refractivity contribution in [2.75, 3.05) is 39.6 Å².